The Morgan fingerprint density at radius 3 is 2.68 bits per heavy atom. The van der Waals surface area contributed by atoms with Crippen molar-refractivity contribution in [3.05, 3.63) is 32.8 Å². The summed E-state index contributed by atoms with van der Waals surface area (Å²) < 4.78 is 4.85. The van der Waals surface area contributed by atoms with E-state index in [9.17, 15) is 15.2 Å². The minimum Gasteiger partial charge on any atom is -0.389 e. The predicted octanol–water partition coefficient (Wildman–Crippen LogP) is 2.00. The summed E-state index contributed by atoms with van der Waals surface area (Å²) in [5, 5.41) is 20.7. The van der Waals surface area contributed by atoms with Gasteiger partial charge in [0.15, 0.2) is 0 Å². The van der Waals surface area contributed by atoms with E-state index in [1.54, 1.807) is 18.9 Å². The number of non-ortho nitro benzene ring substituents is 1. The maximum absolute atomic E-state index is 10.7. The third-order valence-electron chi connectivity index (χ3n) is 2.67. The number of ether oxygens (including phenoxy) is 1. The fourth-order valence-electron chi connectivity index (χ4n) is 1.96. The minimum absolute atomic E-state index is 0.0444. The summed E-state index contributed by atoms with van der Waals surface area (Å²) in [4.78, 5) is 12.0. The molecule has 0 aliphatic carbocycles. The van der Waals surface area contributed by atoms with Crippen LogP contribution in [0.3, 0.4) is 0 Å². The number of nitrogens with zero attached hydrogens (tertiary/aromatic N) is 2. The van der Waals surface area contributed by atoms with E-state index in [1.165, 1.54) is 19.2 Å². The number of anilines is 1. The number of halogens is 1. The molecule has 1 aromatic carbocycles. The molecule has 0 saturated carbocycles. The van der Waals surface area contributed by atoms with Crippen LogP contribution in [-0.2, 0) is 4.74 Å². The van der Waals surface area contributed by atoms with Gasteiger partial charge in [-0.2, -0.15) is 0 Å². The van der Waals surface area contributed by atoms with Crippen LogP contribution in [0.15, 0.2) is 12.1 Å². The van der Waals surface area contributed by atoms with Crippen LogP contribution in [0.2, 0.25) is 5.02 Å². The summed E-state index contributed by atoms with van der Waals surface area (Å²) in [6, 6.07) is 2.77. The second-order valence-electron chi connectivity index (χ2n) is 4.34. The molecule has 1 aromatic rings. The first kappa shape index (κ1) is 15.7. The number of hydrogen-bond acceptors (Lipinski definition) is 5. The molecule has 0 aliphatic rings. The van der Waals surface area contributed by atoms with Gasteiger partial charge in [-0.25, -0.2) is 0 Å². The summed E-state index contributed by atoms with van der Waals surface area (Å²) in [5.74, 6) is 0. The first-order valence-electron chi connectivity index (χ1n) is 5.69. The van der Waals surface area contributed by atoms with Crippen LogP contribution >= 0.6 is 11.6 Å². The van der Waals surface area contributed by atoms with E-state index in [1.807, 2.05) is 0 Å². The normalized spacial score (nSPS) is 12.3. The highest BCUT2D eigenvalue weighted by molar-refractivity contribution is 6.33. The SMILES string of the molecule is COCC(O)CN(C)c1c(C)cc([N+](=O)[O-])cc1Cl. The van der Waals surface area contributed by atoms with Crippen LogP contribution < -0.4 is 4.90 Å². The largest absolute Gasteiger partial charge is 0.389 e. The second kappa shape index (κ2) is 6.70. The molecule has 0 amide bonds. The monoisotopic (exact) mass is 288 g/mol. The van der Waals surface area contributed by atoms with E-state index < -0.39 is 11.0 Å². The average Bonchev–Trinajstić information content (AvgIpc) is 2.27. The maximum atomic E-state index is 10.7. The molecule has 0 aromatic heterocycles. The highest BCUT2D eigenvalue weighted by Gasteiger charge is 2.17. The number of methoxy groups -OCH3 is 1. The molecule has 0 bridgehead atoms. The quantitative estimate of drug-likeness (QED) is 0.640. The topological polar surface area (TPSA) is 75.8 Å². The van der Waals surface area contributed by atoms with Gasteiger partial charge in [0.1, 0.15) is 0 Å². The van der Waals surface area contributed by atoms with E-state index in [-0.39, 0.29) is 12.3 Å². The molecule has 0 saturated heterocycles. The number of likely N-dealkylation sites (N-methyl/N-ethyl adjacent to an activating group) is 1. The number of benzene rings is 1. The average molecular weight is 289 g/mol. The van der Waals surface area contributed by atoms with Crippen molar-refractivity contribution in [3.63, 3.8) is 0 Å². The summed E-state index contributed by atoms with van der Waals surface area (Å²) in [7, 11) is 3.27. The summed E-state index contributed by atoms with van der Waals surface area (Å²) in [6.45, 7) is 2.29. The molecule has 19 heavy (non-hydrogen) atoms. The Morgan fingerprint density at radius 1 is 1.58 bits per heavy atom. The van der Waals surface area contributed by atoms with Crippen LogP contribution in [0.4, 0.5) is 11.4 Å². The highest BCUT2D eigenvalue weighted by atomic mass is 35.5. The number of nitro benzene ring substituents is 1. The third kappa shape index (κ3) is 4.05. The molecule has 0 fully saturated rings. The Morgan fingerprint density at radius 2 is 2.21 bits per heavy atom. The zero-order valence-electron chi connectivity index (χ0n) is 11.1. The Bertz CT molecular complexity index is 444. The van der Waals surface area contributed by atoms with Gasteiger partial charge in [-0.1, -0.05) is 11.6 Å². The standard InChI is InChI=1S/C12H17ClN2O4/c1-8-4-9(15(17)18)5-11(13)12(8)14(2)6-10(16)7-19-3/h4-5,10,16H,6-7H2,1-3H3. The van der Waals surface area contributed by atoms with Gasteiger partial charge in [0.2, 0.25) is 0 Å². The van der Waals surface area contributed by atoms with Crippen LogP contribution in [0, 0.1) is 17.0 Å². The van der Waals surface area contributed by atoms with Gasteiger partial charge >= 0.3 is 0 Å². The molecule has 6 nitrogen and oxygen atoms in total. The first-order chi connectivity index (χ1) is 8.86. The van der Waals surface area contributed by atoms with Crippen molar-refractivity contribution in [3.8, 4) is 0 Å². The predicted molar refractivity (Wildman–Crippen MR) is 74.0 cm³/mol. The zero-order chi connectivity index (χ0) is 14.6. The second-order valence-corrected chi connectivity index (χ2v) is 4.75. The number of aliphatic hydroxyl groups is 1. The van der Waals surface area contributed by atoms with Crippen LogP contribution in [0.1, 0.15) is 5.56 Å². The Balaban J connectivity index is 2.97. The lowest BCUT2D eigenvalue weighted by Crippen LogP contribution is -2.32. The lowest BCUT2D eigenvalue weighted by molar-refractivity contribution is -0.384. The summed E-state index contributed by atoms with van der Waals surface area (Å²) >= 11 is 6.08. The molecule has 106 valence electrons. The van der Waals surface area contributed by atoms with Gasteiger partial charge in [0.05, 0.1) is 28.3 Å². The molecule has 1 N–H and O–H groups in total. The van der Waals surface area contributed by atoms with Crippen LogP contribution in [-0.4, -0.2) is 43.4 Å². The van der Waals surface area contributed by atoms with Gasteiger partial charge in [0, 0.05) is 32.8 Å². The molecule has 0 spiro atoms. The van der Waals surface area contributed by atoms with E-state index in [4.69, 9.17) is 16.3 Å². The van der Waals surface area contributed by atoms with Gasteiger partial charge in [-0.05, 0) is 12.5 Å². The number of nitro groups is 1. The Hall–Kier alpha value is -1.37. The number of aliphatic hydroxyl groups excluding tert-OH is 1. The fourth-order valence-corrected chi connectivity index (χ4v) is 2.36. The van der Waals surface area contributed by atoms with Crippen molar-refractivity contribution < 1.29 is 14.8 Å². The van der Waals surface area contributed by atoms with Crippen molar-refractivity contribution in [1.29, 1.82) is 0 Å². The zero-order valence-corrected chi connectivity index (χ0v) is 11.8. The molecule has 0 radical (unpaired) electrons. The Labute approximate surface area is 116 Å². The molecule has 1 rings (SSSR count). The van der Waals surface area contributed by atoms with E-state index >= 15 is 0 Å². The molecular weight excluding hydrogens is 272 g/mol. The van der Waals surface area contributed by atoms with Crippen molar-refractivity contribution in [2.45, 2.75) is 13.0 Å². The van der Waals surface area contributed by atoms with Crippen LogP contribution in [0.5, 0.6) is 0 Å². The van der Waals surface area contributed by atoms with E-state index in [0.29, 0.717) is 22.8 Å². The molecular formula is C12H17ClN2O4. The van der Waals surface area contributed by atoms with Crippen molar-refractivity contribution >= 4 is 23.0 Å². The summed E-state index contributed by atoms with van der Waals surface area (Å²) in [6.07, 6.45) is -0.652. The molecule has 0 aliphatic heterocycles. The van der Waals surface area contributed by atoms with Gasteiger partial charge in [0.25, 0.3) is 5.69 Å². The van der Waals surface area contributed by atoms with Gasteiger partial charge < -0.3 is 14.7 Å². The van der Waals surface area contributed by atoms with Gasteiger partial charge in [-0.3, -0.25) is 10.1 Å². The lowest BCUT2D eigenvalue weighted by Gasteiger charge is -2.25. The van der Waals surface area contributed by atoms with E-state index in [0.717, 1.165) is 0 Å². The number of aryl methyl sites for hydroxylation is 1. The molecule has 1 unspecified atom stereocenters. The van der Waals surface area contributed by atoms with E-state index in [2.05, 4.69) is 0 Å². The molecule has 0 heterocycles. The molecule has 7 heteroatoms. The Kier molecular flexibility index (Phi) is 5.53. The fraction of sp³-hybridized carbons (Fsp3) is 0.500. The number of hydrogen-bond donors (Lipinski definition) is 1. The minimum atomic E-state index is -0.652. The van der Waals surface area contributed by atoms with Crippen molar-refractivity contribution in [2.24, 2.45) is 0 Å². The maximum Gasteiger partial charge on any atom is 0.271 e. The number of rotatable bonds is 6. The smallest absolute Gasteiger partial charge is 0.271 e. The molecule has 1 atom stereocenters. The third-order valence-corrected chi connectivity index (χ3v) is 2.96. The first-order valence-corrected chi connectivity index (χ1v) is 6.07. The van der Waals surface area contributed by atoms with Crippen molar-refractivity contribution in [2.75, 3.05) is 32.2 Å². The van der Waals surface area contributed by atoms with Crippen molar-refractivity contribution in [1.82, 2.24) is 0 Å². The van der Waals surface area contributed by atoms with Gasteiger partial charge in [-0.15, -0.1) is 0 Å². The highest BCUT2D eigenvalue weighted by Crippen LogP contribution is 2.33. The lowest BCUT2D eigenvalue weighted by atomic mass is 10.1. The van der Waals surface area contributed by atoms with Crippen LogP contribution in [0.25, 0.3) is 0 Å². The summed E-state index contributed by atoms with van der Waals surface area (Å²) in [5.41, 5.74) is 1.31.